The lowest BCUT2D eigenvalue weighted by atomic mass is 10.1. The summed E-state index contributed by atoms with van der Waals surface area (Å²) in [4.78, 5) is 0. The molecule has 0 amide bonds. The molecule has 1 atom stereocenters. The number of hydrogen-bond acceptors (Lipinski definition) is 3. The van der Waals surface area contributed by atoms with Crippen molar-refractivity contribution in [1.29, 1.82) is 0 Å². The minimum absolute atomic E-state index is 0.173. The Bertz CT molecular complexity index is 398. The van der Waals surface area contributed by atoms with Crippen molar-refractivity contribution in [3.05, 3.63) is 17.7 Å². The molecule has 0 saturated carbocycles. The second-order valence-electron chi connectivity index (χ2n) is 3.10. The van der Waals surface area contributed by atoms with E-state index in [9.17, 15) is 15.3 Å². The van der Waals surface area contributed by atoms with Crippen molar-refractivity contribution in [2.24, 2.45) is 0 Å². The van der Waals surface area contributed by atoms with E-state index < -0.39 is 6.10 Å². The molecule has 0 spiro atoms. The van der Waals surface area contributed by atoms with Crippen LogP contribution in [0.1, 0.15) is 11.7 Å². The van der Waals surface area contributed by atoms with Crippen LogP contribution in [0.5, 0.6) is 11.5 Å². The zero-order valence-corrected chi connectivity index (χ0v) is 7.10. The molecule has 4 nitrogen and oxygen atoms in total. The van der Waals surface area contributed by atoms with Gasteiger partial charge in [-0.3, -0.25) is 0 Å². The van der Waals surface area contributed by atoms with Gasteiger partial charge in [0.05, 0.1) is 11.6 Å². The van der Waals surface area contributed by atoms with Crippen molar-refractivity contribution >= 4 is 11.9 Å². The normalized spacial score (nSPS) is 19.8. The molecule has 1 aromatic carbocycles. The summed E-state index contributed by atoms with van der Waals surface area (Å²) in [5.74, 6) is -0.380. The number of rotatable bonds is 0. The number of hydrogen-bond donors (Lipinski definition) is 3. The van der Waals surface area contributed by atoms with Gasteiger partial charge in [0.15, 0.2) is 23.8 Å². The first kappa shape index (κ1) is 8.07. The molecular formula is C9H10NO3+. The summed E-state index contributed by atoms with van der Waals surface area (Å²) in [6.07, 6.45) is 0.898. The van der Waals surface area contributed by atoms with Crippen LogP contribution in [0.25, 0.3) is 0 Å². The number of phenolic OH excluding ortho intramolecular Hbond substituents is 2. The zero-order valence-electron chi connectivity index (χ0n) is 7.10. The first-order valence-corrected chi connectivity index (χ1v) is 3.91. The summed E-state index contributed by atoms with van der Waals surface area (Å²) in [5.41, 5.74) is 1.32. The van der Waals surface area contributed by atoms with Crippen LogP contribution in [-0.4, -0.2) is 33.2 Å². The number of aliphatic hydroxyl groups is 1. The fourth-order valence-electron chi connectivity index (χ4n) is 1.50. The molecule has 0 fully saturated rings. The van der Waals surface area contributed by atoms with Crippen molar-refractivity contribution in [2.75, 3.05) is 7.05 Å². The topological polar surface area (TPSA) is 63.7 Å². The van der Waals surface area contributed by atoms with E-state index in [-0.39, 0.29) is 11.5 Å². The Balaban J connectivity index is 2.65. The van der Waals surface area contributed by atoms with E-state index in [1.165, 1.54) is 12.1 Å². The second-order valence-corrected chi connectivity index (χ2v) is 3.10. The van der Waals surface area contributed by atoms with Crippen molar-refractivity contribution in [2.45, 2.75) is 6.10 Å². The molecule has 4 heteroatoms. The lowest BCUT2D eigenvalue weighted by Gasteiger charge is -2.01. The summed E-state index contributed by atoms with van der Waals surface area (Å²) in [7, 11) is 1.77. The highest BCUT2D eigenvalue weighted by atomic mass is 16.3. The van der Waals surface area contributed by atoms with Gasteiger partial charge < -0.3 is 15.3 Å². The Kier molecular flexibility index (Phi) is 1.53. The smallest absolute Gasteiger partial charge is 0.215 e. The van der Waals surface area contributed by atoms with E-state index in [0.717, 1.165) is 0 Å². The lowest BCUT2D eigenvalue weighted by Crippen LogP contribution is -1.95. The van der Waals surface area contributed by atoms with Crippen LogP contribution in [0.15, 0.2) is 12.1 Å². The average molecular weight is 180 g/mol. The monoisotopic (exact) mass is 180 g/mol. The van der Waals surface area contributed by atoms with Crippen LogP contribution >= 0.6 is 0 Å². The molecule has 2 rings (SSSR count). The third-order valence-corrected chi connectivity index (χ3v) is 2.19. The molecular weight excluding hydrogens is 170 g/mol. The van der Waals surface area contributed by atoms with Gasteiger partial charge in [-0.25, -0.2) is 4.58 Å². The van der Waals surface area contributed by atoms with Crippen LogP contribution in [0.3, 0.4) is 0 Å². The molecule has 1 aliphatic rings. The first-order valence-electron chi connectivity index (χ1n) is 3.91. The van der Waals surface area contributed by atoms with Gasteiger partial charge in [0.25, 0.3) is 0 Å². The van der Waals surface area contributed by atoms with Gasteiger partial charge >= 0.3 is 0 Å². The molecule has 0 saturated heterocycles. The Hall–Kier alpha value is -1.55. The van der Waals surface area contributed by atoms with E-state index in [0.29, 0.717) is 11.3 Å². The molecule has 0 aliphatic carbocycles. The zero-order chi connectivity index (χ0) is 9.59. The fraction of sp³-hybridized carbons (Fsp3) is 0.222. The standard InChI is InChI=1S/C9H9NO3/c1-10-4-9(13)5-2-7(11)8(12)3-6(5)10/h2-4,9,13H,1H3,(H-,11,12)/p+1/t9-/m0/s1. The third-order valence-electron chi connectivity index (χ3n) is 2.19. The van der Waals surface area contributed by atoms with Gasteiger partial charge in [-0.1, -0.05) is 0 Å². The summed E-state index contributed by atoms with van der Waals surface area (Å²) in [5, 5.41) is 27.9. The van der Waals surface area contributed by atoms with Crippen LogP contribution in [-0.2, 0) is 0 Å². The van der Waals surface area contributed by atoms with Gasteiger partial charge in [-0.2, -0.15) is 0 Å². The predicted octanol–water partition coefficient (Wildman–Crippen LogP) is 0.489. The molecule has 3 N–H and O–H groups in total. The molecule has 1 aliphatic heterocycles. The number of aromatic hydroxyl groups is 2. The number of phenols is 2. The number of aliphatic hydroxyl groups excluding tert-OH is 1. The molecule has 1 heterocycles. The van der Waals surface area contributed by atoms with Crippen LogP contribution in [0, 0.1) is 0 Å². The summed E-state index contributed by atoms with van der Waals surface area (Å²) >= 11 is 0. The van der Waals surface area contributed by atoms with Crippen molar-refractivity contribution < 1.29 is 19.9 Å². The highest BCUT2D eigenvalue weighted by Gasteiger charge is 2.28. The minimum Gasteiger partial charge on any atom is -0.504 e. The Morgan fingerprint density at radius 1 is 1.23 bits per heavy atom. The van der Waals surface area contributed by atoms with Gasteiger partial charge in [0, 0.05) is 0 Å². The summed E-state index contributed by atoms with van der Waals surface area (Å²) in [6, 6.07) is 2.80. The highest BCUT2D eigenvalue weighted by molar-refractivity contribution is 5.72. The van der Waals surface area contributed by atoms with E-state index in [4.69, 9.17) is 0 Å². The highest BCUT2D eigenvalue weighted by Crippen LogP contribution is 2.37. The minimum atomic E-state index is -0.702. The molecule has 0 aromatic heterocycles. The van der Waals surface area contributed by atoms with Crippen LogP contribution < -0.4 is 0 Å². The molecule has 13 heavy (non-hydrogen) atoms. The quantitative estimate of drug-likeness (QED) is 0.402. The Morgan fingerprint density at radius 2 is 1.85 bits per heavy atom. The van der Waals surface area contributed by atoms with Crippen molar-refractivity contribution in [3.8, 4) is 11.5 Å². The summed E-state index contributed by atoms with van der Waals surface area (Å²) < 4.78 is 1.71. The largest absolute Gasteiger partial charge is 0.504 e. The van der Waals surface area contributed by atoms with Crippen LogP contribution in [0.4, 0.5) is 5.69 Å². The molecule has 68 valence electrons. The van der Waals surface area contributed by atoms with Gasteiger partial charge in [-0.05, 0) is 6.07 Å². The lowest BCUT2D eigenvalue weighted by molar-refractivity contribution is -0.397. The van der Waals surface area contributed by atoms with E-state index in [1.807, 2.05) is 0 Å². The van der Waals surface area contributed by atoms with E-state index in [1.54, 1.807) is 17.8 Å². The maximum Gasteiger partial charge on any atom is 0.215 e. The summed E-state index contributed by atoms with van der Waals surface area (Å²) in [6.45, 7) is 0. The molecule has 0 bridgehead atoms. The Labute approximate surface area is 75.0 Å². The second kappa shape index (κ2) is 2.47. The van der Waals surface area contributed by atoms with E-state index in [2.05, 4.69) is 0 Å². The number of fused-ring (bicyclic) bond motifs is 1. The van der Waals surface area contributed by atoms with E-state index >= 15 is 0 Å². The number of nitrogens with zero attached hydrogens (tertiary/aromatic N) is 1. The van der Waals surface area contributed by atoms with Crippen LogP contribution in [0.2, 0.25) is 0 Å². The molecule has 0 unspecified atom stereocenters. The predicted molar refractivity (Wildman–Crippen MR) is 46.6 cm³/mol. The van der Waals surface area contributed by atoms with Crippen molar-refractivity contribution in [3.63, 3.8) is 0 Å². The van der Waals surface area contributed by atoms with Gasteiger partial charge in [0.1, 0.15) is 7.05 Å². The molecule has 1 aromatic rings. The average Bonchev–Trinajstić information content (AvgIpc) is 2.31. The number of benzene rings is 1. The first-order chi connectivity index (χ1) is 6.09. The molecule has 0 radical (unpaired) electrons. The maximum absolute atomic E-state index is 9.48. The van der Waals surface area contributed by atoms with Crippen molar-refractivity contribution in [1.82, 2.24) is 0 Å². The fourth-order valence-corrected chi connectivity index (χ4v) is 1.50. The Morgan fingerprint density at radius 3 is 2.54 bits per heavy atom. The SMILES string of the molecule is C[N+]1=C[C@H](O)c2cc(O)c(O)cc21. The maximum atomic E-state index is 9.48. The van der Waals surface area contributed by atoms with Gasteiger partial charge in [-0.15, -0.1) is 0 Å². The third kappa shape index (κ3) is 1.07. The van der Waals surface area contributed by atoms with Gasteiger partial charge in [0.2, 0.25) is 5.69 Å².